The predicted molar refractivity (Wildman–Crippen MR) is 83.3 cm³/mol. The number of ether oxygens (including phenoxy) is 1. The predicted octanol–water partition coefficient (Wildman–Crippen LogP) is 3.31. The van der Waals surface area contributed by atoms with Crippen LogP contribution in [0.2, 0.25) is 5.02 Å². The summed E-state index contributed by atoms with van der Waals surface area (Å²) in [5, 5.41) is 5.78. The first-order chi connectivity index (χ1) is 11.5. The number of carbonyl (C=O) groups is 1. The zero-order valence-electron chi connectivity index (χ0n) is 12.2. The summed E-state index contributed by atoms with van der Waals surface area (Å²) < 4.78 is 33.1. The number of nitrogens with zero attached hydrogens (tertiary/aromatic N) is 1. The van der Waals surface area contributed by atoms with E-state index in [4.69, 9.17) is 16.3 Å². The van der Waals surface area contributed by atoms with Crippen LogP contribution >= 0.6 is 11.6 Å². The van der Waals surface area contributed by atoms with Gasteiger partial charge >= 0.3 is 6.03 Å². The molecular weight excluding hydrogens is 340 g/mol. The zero-order valence-corrected chi connectivity index (χ0v) is 13.0. The molecule has 1 aliphatic heterocycles. The number of rotatable bonds is 2. The van der Waals surface area contributed by atoms with Gasteiger partial charge in [-0.1, -0.05) is 11.6 Å². The molecule has 2 amide bonds. The van der Waals surface area contributed by atoms with Crippen LogP contribution in [0.4, 0.5) is 19.4 Å². The third-order valence-corrected chi connectivity index (χ3v) is 4.51. The van der Waals surface area contributed by atoms with Crippen molar-refractivity contribution >= 4 is 23.4 Å². The third kappa shape index (κ3) is 2.54. The number of halogens is 3. The van der Waals surface area contributed by atoms with Gasteiger partial charge in [0.1, 0.15) is 11.6 Å². The number of benzene rings is 1. The Bertz CT molecular complexity index is 816. The average molecular weight is 352 g/mol. The van der Waals surface area contributed by atoms with Crippen molar-refractivity contribution in [2.45, 2.75) is 12.0 Å². The molecule has 1 fully saturated rings. The number of aromatic nitrogens is 1. The minimum absolute atomic E-state index is 0.0553. The van der Waals surface area contributed by atoms with Crippen molar-refractivity contribution in [2.75, 3.05) is 11.9 Å². The Kier molecular flexibility index (Phi) is 3.53. The monoisotopic (exact) mass is 351 g/mol. The molecule has 0 bridgehead atoms. The zero-order chi connectivity index (χ0) is 16.8. The lowest BCUT2D eigenvalue weighted by molar-refractivity contribution is 0.247. The fourth-order valence-corrected chi connectivity index (χ4v) is 3.22. The molecule has 2 aromatic rings. The van der Waals surface area contributed by atoms with Crippen molar-refractivity contribution < 1.29 is 18.3 Å². The normalized spacial score (nSPS) is 23.5. The lowest BCUT2D eigenvalue weighted by Gasteiger charge is -2.16. The summed E-state index contributed by atoms with van der Waals surface area (Å²) in [6.45, 7) is 0.238. The molecule has 2 N–H and O–H groups in total. The number of urea groups is 1. The molecule has 124 valence electrons. The van der Waals surface area contributed by atoms with Gasteiger partial charge in [0.15, 0.2) is 11.6 Å². The Labute approximate surface area is 141 Å². The average Bonchev–Trinajstić information content (AvgIpc) is 3.26. The van der Waals surface area contributed by atoms with Crippen molar-refractivity contribution in [3.05, 3.63) is 52.7 Å². The molecule has 1 aliphatic carbocycles. The largest absolute Gasteiger partial charge is 0.490 e. The standard InChI is InChI=1S/C16H12ClF2N3O2/c17-7-1-4-11(20-5-7)21-16(23)22-14-8-6-24-15-10(19)3-2-9(18)13(15)12(8)14/h1-5,8,12,14H,6H2,(H2,20,21,22,23). The third-order valence-electron chi connectivity index (χ3n) is 4.28. The van der Waals surface area contributed by atoms with Crippen LogP contribution in [-0.4, -0.2) is 23.7 Å². The lowest BCUT2D eigenvalue weighted by Crippen LogP contribution is -2.32. The van der Waals surface area contributed by atoms with Crippen LogP contribution < -0.4 is 15.4 Å². The highest BCUT2D eigenvalue weighted by atomic mass is 35.5. The van der Waals surface area contributed by atoms with E-state index in [9.17, 15) is 13.6 Å². The first kappa shape index (κ1) is 15.1. The highest BCUT2D eigenvalue weighted by Crippen LogP contribution is 2.55. The number of anilines is 1. The Hall–Kier alpha value is -2.41. The van der Waals surface area contributed by atoms with Gasteiger partial charge in [-0.15, -0.1) is 0 Å². The molecule has 5 nitrogen and oxygen atoms in total. The molecule has 3 atom stereocenters. The van der Waals surface area contributed by atoms with Crippen molar-refractivity contribution in [3.8, 4) is 5.75 Å². The van der Waals surface area contributed by atoms with Crippen molar-refractivity contribution in [3.63, 3.8) is 0 Å². The molecule has 2 heterocycles. The fraction of sp³-hybridized carbons (Fsp3) is 0.250. The number of hydrogen-bond acceptors (Lipinski definition) is 3. The molecule has 3 unspecified atom stereocenters. The van der Waals surface area contributed by atoms with E-state index in [1.54, 1.807) is 12.1 Å². The van der Waals surface area contributed by atoms with Crippen LogP contribution in [0.15, 0.2) is 30.5 Å². The molecule has 0 radical (unpaired) electrons. The second kappa shape index (κ2) is 5.59. The molecule has 1 saturated carbocycles. The van der Waals surface area contributed by atoms with E-state index in [1.807, 2.05) is 0 Å². The summed E-state index contributed by atoms with van der Waals surface area (Å²) in [4.78, 5) is 16.0. The molecular formula is C16H12ClF2N3O2. The summed E-state index contributed by atoms with van der Waals surface area (Å²) in [6.07, 6.45) is 1.41. The quantitative estimate of drug-likeness (QED) is 0.872. The van der Waals surface area contributed by atoms with Gasteiger partial charge in [-0.3, -0.25) is 5.32 Å². The first-order valence-electron chi connectivity index (χ1n) is 7.34. The lowest BCUT2D eigenvalue weighted by atomic mass is 10.0. The van der Waals surface area contributed by atoms with E-state index in [1.165, 1.54) is 6.20 Å². The maximum absolute atomic E-state index is 14.0. The Balaban J connectivity index is 1.47. The maximum atomic E-state index is 14.0. The van der Waals surface area contributed by atoms with Crippen LogP contribution in [0.1, 0.15) is 11.5 Å². The molecule has 24 heavy (non-hydrogen) atoms. The van der Waals surface area contributed by atoms with Gasteiger partial charge in [-0.25, -0.2) is 18.6 Å². The summed E-state index contributed by atoms with van der Waals surface area (Å²) in [5.74, 6) is -1.18. The van der Waals surface area contributed by atoms with Gasteiger partial charge in [-0.05, 0) is 24.3 Å². The molecule has 2 aliphatic rings. The number of pyridine rings is 1. The molecule has 4 rings (SSSR count). The smallest absolute Gasteiger partial charge is 0.320 e. The van der Waals surface area contributed by atoms with Crippen LogP contribution in [-0.2, 0) is 0 Å². The molecule has 1 aromatic heterocycles. The number of carbonyl (C=O) groups excluding carboxylic acids is 1. The van der Waals surface area contributed by atoms with E-state index in [0.29, 0.717) is 10.8 Å². The minimum Gasteiger partial charge on any atom is -0.490 e. The van der Waals surface area contributed by atoms with E-state index >= 15 is 0 Å². The van der Waals surface area contributed by atoms with Crippen molar-refractivity contribution in [1.29, 1.82) is 0 Å². The minimum atomic E-state index is -0.592. The van der Waals surface area contributed by atoms with Gasteiger partial charge in [0.05, 0.1) is 11.6 Å². The molecule has 0 spiro atoms. The Morgan fingerprint density at radius 2 is 2.04 bits per heavy atom. The number of nitrogens with one attached hydrogen (secondary N) is 2. The van der Waals surface area contributed by atoms with E-state index in [2.05, 4.69) is 15.6 Å². The number of hydrogen-bond donors (Lipinski definition) is 2. The topological polar surface area (TPSA) is 63.2 Å². The van der Waals surface area contributed by atoms with Crippen molar-refractivity contribution in [1.82, 2.24) is 10.3 Å². The summed E-state index contributed by atoms with van der Waals surface area (Å²) in [7, 11) is 0. The van der Waals surface area contributed by atoms with E-state index in [0.717, 1.165) is 12.1 Å². The SMILES string of the molecule is O=C(Nc1ccc(Cl)cn1)NC1C2COc3c(F)ccc(F)c3C21. The molecule has 8 heteroatoms. The van der Waals surface area contributed by atoms with E-state index < -0.39 is 17.7 Å². The van der Waals surface area contributed by atoms with Gasteiger partial charge in [0, 0.05) is 29.6 Å². The first-order valence-corrected chi connectivity index (χ1v) is 7.72. The number of amides is 2. The summed E-state index contributed by atoms with van der Waals surface area (Å²) in [6, 6.07) is 4.50. The highest BCUT2D eigenvalue weighted by Gasteiger charge is 2.57. The Morgan fingerprint density at radius 3 is 2.79 bits per heavy atom. The summed E-state index contributed by atoms with van der Waals surface area (Å²) in [5.41, 5.74) is 0.196. The van der Waals surface area contributed by atoms with Gasteiger partial charge in [0.2, 0.25) is 0 Å². The van der Waals surface area contributed by atoms with Crippen molar-refractivity contribution in [2.24, 2.45) is 5.92 Å². The van der Waals surface area contributed by atoms with Crippen LogP contribution in [0.5, 0.6) is 5.75 Å². The van der Waals surface area contributed by atoms with Gasteiger partial charge < -0.3 is 10.1 Å². The second-order valence-corrected chi connectivity index (χ2v) is 6.19. The van der Waals surface area contributed by atoms with Gasteiger partial charge in [-0.2, -0.15) is 0 Å². The van der Waals surface area contributed by atoms with Crippen LogP contribution in [0.25, 0.3) is 0 Å². The summed E-state index contributed by atoms with van der Waals surface area (Å²) >= 11 is 5.73. The number of fused-ring (bicyclic) bond motifs is 3. The van der Waals surface area contributed by atoms with Crippen LogP contribution in [0, 0.1) is 17.6 Å². The highest BCUT2D eigenvalue weighted by molar-refractivity contribution is 6.30. The fourth-order valence-electron chi connectivity index (χ4n) is 3.11. The van der Waals surface area contributed by atoms with E-state index in [-0.39, 0.29) is 35.8 Å². The second-order valence-electron chi connectivity index (χ2n) is 5.76. The molecule has 0 saturated heterocycles. The molecule has 1 aromatic carbocycles. The maximum Gasteiger partial charge on any atom is 0.320 e. The van der Waals surface area contributed by atoms with Crippen LogP contribution in [0.3, 0.4) is 0 Å². The van der Waals surface area contributed by atoms with Gasteiger partial charge in [0.25, 0.3) is 0 Å². The Morgan fingerprint density at radius 1 is 1.25 bits per heavy atom.